The third-order valence-corrected chi connectivity index (χ3v) is 21.2. The number of halogens is 1. The molecule has 2 aromatic rings. The van der Waals surface area contributed by atoms with Crippen LogP contribution in [0.1, 0.15) is 150 Å². The molecule has 2 saturated heterocycles. The molecule has 2 aliphatic carbocycles. The predicted molar refractivity (Wildman–Crippen MR) is 235 cm³/mol. The van der Waals surface area contributed by atoms with Crippen LogP contribution in [0.4, 0.5) is 0 Å². The molecule has 2 heterocycles. The Bertz CT molecular complexity index is 1610. The summed E-state index contributed by atoms with van der Waals surface area (Å²) in [5.41, 5.74) is 1.92. The van der Waals surface area contributed by atoms with E-state index in [4.69, 9.17) is 14.2 Å². The zero-order valence-electron chi connectivity index (χ0n) is 34.9. The average Bonchev–Trinajstić information content (AvgIpc) is 3.82. The van der Waals surface area contributed by atoms with Gasteiger partial charge in [-0.25, -0.2) is 0 Å². The normalized spacial score (nSPS) is 28.5. The molecule has 0 bridgehead atoms. The Kier molecular flexibility index (Phi) is 14.2. The van der Waals surface area contributed by atoms with E-state index in [-0.39, 0.29) is 28.6 Å². The van der Waals surface area contributed by atoms with E-state index in [1.54, 1.807) is 0 Å². The summed E-state index contributed by atoms with van der Waals surface area (Å²) in [6.45, 7) is 22.4. The molecule has 6 rings (SSSR count). The van der Waals surface area contributed by atoms with E-state index < -0.39 is 25.4 Å². The standard InChI is InChI=1S/C48H70INO5/c1-8-38(37-20-12-10-13-21-37)41-43(54-32-30-50-28-16-17-29-50)39(33-51)42(53-31-27-49-25-14-11-15-26-49)40(34-52)44(41)55-48-24-22-35(3)45(48)47(7,46(5,6)9-2)23-18-19-36(48)4/h9-10,12-13,20-21,33-36,38,45H,2,8,11,14-19,22-32H2,1,3-7H3/t35-,36+,38+,45+,47-,48+/m1/s1. The molecule has 0 radical (unpaired) electrons. The van der Waals surface area contributed by atoms with Gasteiger partial charge in [-0.15, -0.1) is 6.58 Å². The number of rotatable bonds is 17. The van der Waals surface area contributed by atoms with Gasteiger partial charge in [0.05, 0.1) is 0 Å². The van der Waals surface area contributed by atoms with E-state index in [0.717, 1.165) is 86.3 Å². The number of hydrogen-bond acceptors (Lipinski definition) is 6. The number of carbonyl (C=O) groups excluding carboxylic acids is 2. The summed E-state index contributed by atoms with van der Waals surface area (Å²) in [5.74, 6) is 2.20. The summed E-state index contributed by atoms with van der Waals surface area (Å²) in [5, 5.41) is 0. The van der Waals surface area contributed by atoms with Gasteiger partial charge >= 0.3 is 335 Å². The molecule has 0 N–H and O–H groups in total. The molecule has 7 heteroatoms. The second kappa shape index (κ2) is 18.5. The zero-order valence-corrected chi connectivity index (χ0v) is 37.1. The molecule has 6 atom stereocenters. The molecule has 0 unspecified atom stereocenters. The van der Waals surface area contributed by atoms with Gasteiger partial charge in [-0.2, -0.15) is 0 Å². The molecular formula is C48H70INO5. The summed E-state index contributed by atoms with van der Waals surface area (Å²) in [6.07, 6.45) is 16.3. The van der Waals surface area contributed by atoms with Gasteiger partial charge in [-0.05, 0) is 0 Å². The van der Waals surface area contributed by atoms with Gasteiger partial charge in [0.25, 0.3) is 0 Å². The minimum atomic E-state index is -1.12. The molecule has 2 aliphatic heterocycles. The second-order valence-corrected chi connectivity index (χ2v) is 24.4. The summed E-state index contributed by atoms with van der Waals surface area (Å²) in [4.78, 5) is 29.8. The van der Waals surface area contributed by atoms with E-state index in [2.05, 4.69) is 83.4 Å². The first-order valence-corrected chi connectivity index (χ1v) is 26.2. The number of aldehydes is 2. The number of benzene rings is 2. The van der Waals surface area contributed by atoms with Gasteiger partial charge < -0.3 is 0 Å². The van der Waals surface area contributed by atoms with Gasteiger partial charge in [-0.1, -0.05) is 0 Å². The predicted octanol–water partition coefficient (Wildman–Crippen LogP) is 11.6. The number of hydrogen-bond donors (Lipinski definition) is 0. The van der Waals surface area contributed by atoms with Crippen molar-refractivity contribution in [3.63, 3.8) is 0 Å². The molecular weight excluding hydrogens is 797 g/mol. The van der Waals surface area contributed by atoms with Crippen molar-refractivity contribution >= 4 is 32.4 Å². The molecule has 4 aliphatic rings. The first kappa shape index (κ1) is 42.2. The van der Waals surface area contributed by atoms with E-state index in [9.17, 15) is 9.59 Å². The Hall–Kier alpha value is -2.39. The van der Waals surface area contributed by atoms with Crippen LogP contribution in [-0.2, 0) is 0 Å². The van der Waals surface area contributed by atoms with Gasteiger partial charge in [0.15, 0.2) is 0 Å². The molecule has 55 heavy (non-hydrogen) atoms. The molecule has 2 aromatic carbocycles. The van der Waals surface area contributed by atoms with E-state index in [1.807, 2.05) is 6.07 Å². The molecule has 0 aromatic heterocycles. The van der Waals surface area contributed by atoms with Gasteiger partial charge in [0.1, 0.15) is 0 Å². The van der Waals surface area contributed by atoms with Gasteiger partial charge in [0.2, 0.25) is 0 Å². The number of ether oxygens (including phenoxy) is 3. The van der Waals surface area contributed by atoms with Crippen molar-refractivity contribution in [3.05, 3.63) is 65.2 Å². The SMILES string of the molecule is C=CC(C)(C)[C@]1(C)CCC[C@H](C)[C@@]2(Oc3c(C=O)c(OCCI4CCCCC4)c(C=O)c(OCCN4CCCC4)c3[C@@H](CC)c3ccccc3)CC[C@@H](C)[C@H]21. The quantitative estimate of drug-likeness (QED) is 0.0683. The van der Waals surface area contributed by atoms with Crippen molar-refractivity contribution in [2.45, 2.75) is 124 Å². The molecule has 6 nitrogen and oxygen atoms in total. The number of nitrogens with zero attached hydrogens (tertiary/aromatic N) is 1. The van der Waals surface area contributed by atoms with Crippen LogP contribution in [0.2, 0.25) is 0 Å². The van der Waals surface area contributed by atoms with Crippen LogP contribution in [0.3, 0.4) is 0 Å². The van der Waals surface area contributed by atoms with Crippen LogP contribution >= 0.6 is 19.8 Å². The van der Waals surface area contributed by atoms with Crippen molar-refractivity contribution in [1.29, 1.82) is 0 Å². The van der Waals surface area contributed by atoms with E-state index in [0.29, 0.717) is 47.5 Å². The first-order valence-electron chi connectivity index (χ1n) is 21.6. The number of allylic oxidation sites excluding steroid dienone is 1. The minimum absolute atomic E-state index is 0.0805. The van der Waals surface area contributed by atoms with Gasteiger partial charge in [-0.3, -0.25) is 0 Å². The third-order valence-electron chi connectivity index (χ3n) is 14.6. The third kappa shape index (κ3) is 8.45. The fourth-order valence-electron chi connectivity index (χ4n) is 11.1. The average molecular weight is 868 g/mol. The molecule has 304 valence electrons. The van der Waals surface area contributed by atoms with Crippen molar-refractivity contribution in [3.8, 4) is 17.2 Å². The van der Waals surface area contributed by atoms with E-state index in [1.165, 1.54) is 41.0 Å². The maximum atomic E-state index is 13.8. The van der Waals surface area contributed by atoms with Crippen molar-refractivity contribution in [1.82, 2.24) is 4.90 Å². The summed E-state index contributed by atoms with van der Waals surface area (Å²) in [6, 6.07) is 10.5. The Morgan fingerprint density at radius 2 is 1.56 bits per heavy atom. The van der Waals surface area contributed by atoms with Crippen molar-refractivity contribution in [2.24, 2.45) is 28.6 Å². The molecule has 2 saturated carbocycles. The Morgan fingerprint density at radius 1 is 0.891 bits per heavy atom. The molecule has 0 amide bonds. The summed E-state index contributed by atoms with van der Waals surface area (Å²) < 4.78 is 25.4. The second-order valence-electron chi connectivity index (χ2n) is 18.0. The van der Waals surface area contributed by atoms with Crippen LogP contribution in [0.5, 0.6) is 17.2 Å². The first-order chi connectivity index (χ1) is 26.5. The van der Waals surface area contributed by atoms with Crippen LogP contribution < -0.4 is 14.2 Å². The topological polar surface area (TPSA) is 65.1 Å². The number of fused-ring (bicyclic) bond motifs is 1. The number of likely N-dealkylation sites (tertiary alicyclic amines) is 1. The van der Waals surface area contributed by atoms with Crippen LogP contribution in [0, 0.1) is 28.6 Å². The van der Waals surface area contributed by atoms with E-state index >= 15 is 0 Å². The summed E-state index contributed by atoms with van der Waals surface area (Å²) in [7, 11) is 0. The van der Waals surface area contributed by atoms with Crippen molar-refractivity contribution in [2.75, 3.05) is 46.1 Å². The zero-order chi connectivity index (χ0) is 39.2. The van der Waals surface area contributed by atoms with Gasteiger partial charge in [0, 0.05) is 0 Å². The van der Waals surface area contributed by atoms with Crippen LogP contribution in [-0.4, -0.2) is 69.2 Å². The number of carbonyl (C=O) groups is 2. The summed E-state index contributed by atoms with van der Waals surface area (Å²) >= 11 is -1.12. The fourth-order valence-corrected chi connectivity index (χ4v) is 16.8. The monoisotopic (exact) mass is 867 g/mol. The Morgan fingerprint density at radius 3 is 2.22 bits per heavy atom. The Labute approximate surface area is 340 Å². The fraction of sp³-hybridized carbons (Fsp3) is 0.667. The maximum absolute atomic E-state index is 13.8. The Balaban J connectivity index is 1.58. The molecule has 4 fully saturated rings. The number of alkyl halides is 3. The molecule has 0 spiro atoms. The van der Waals surface area contributed by atoms with Crippen LogP contribution in [0.15, 0.2) is 43.0 Å². The van der Waals surface area contributed by atoms with Crippen LogP contribution in [0.25, 0.3) is 0 Å². The van der Waals surface area contributed by atoms with Crippen molar-refractivity contribution < 1.29 is 23.8 Å².